The first-order valence-corrected chi connectivity index (χ1v) is 5.57. The molecule has 80 valence electrons. The van der Waals surface area contributed by atoms with Crippen LogP contribution < -0.4 is 5.32 Å². The third kappa shape index (κ3) is 3.69. The Bertz CT molecular complexity index is 204. The van der Waals surface area contributed by atoms with E-state index in [1.54, 1.807) is 0 Å². The Morgan fingerprint density at radius 2 is 2.14 bits per heavy atom. The SMILES string of the molecule is CC#CCCOC1CCCCC1NC. The van der Waals surface area contributed by atoms with Crippen LogP contribution in [0.4, 0.5) is 0 Å². The number of hydrogen-bond donors (Lipinski definition) is 1. The van der Waals surface area contributed by atoms with E-state index in [1.165, 1.54) is 25.7 Å². The average molecular weight is 195 g/mol. The summed E-state index contributed by atoms with van der Waals surface area (Å²) in [4.78, 5) is 0. The Morgan fingerprint density at radius 1 is 1.36 bits per heavy atom. The maximum absolute atomic E-state index is 5.82. The van der Waals surface area contributed by atoms with Crippen molar-refractivity contribution in [2.75, 3.05) is 13.7 Å². The number of rotatable bonds is 4. The molecule has 1 fully saturated rings. The summed E-state index contributed by atoms with van der Waals surface area (Å²) in [5, 5.41) is 3.33. The molecular weight excluding hydrogens is 174 g/mol. The van der Waals surface area contributed by atoms with E-state index in [-0.39, 0.29) is 0 Å². The third-order valence-electron chi connectivity index (χ3n) is 2.81. The summed E-state index contributed by atoms with van der Waals surface area (Å²) in [5.41, 5.74) is 0. The molecule has 0 saturated heterocycles. The van der Waals surface area contributed by atoms with E-state index in [4.69, 9.17) is 4.74 Å². The Balaban J connectivity index is 2.21. The van der Waals surface area contributed by atoms with Crippen molar-refractivity contribution in [3.8, 4) is 11.8 Å². The zero-order chi connectivity index (χ0) is 10.2. The molecule has 2 unspecified atom stereocenters. The van der Waals surface area contributed by atoms with Gasteiger partial charge in [-0.3, -0.25) is 0 Å². The second kappa shape index (κ2) is 6.86. The smallest absolute Gasteiger partial charge is 0.0728 e. The highest BCUT2D eigenvalue weighted by Crippen LogP contribution is 2.20. The number of ether oxygens (including phenoxy) is 1. The highest BCUT2D eigenvalue weighted by molar-refractivity contribution is 4.94. The van der Waals surface area contributed by atoms with Crippen molar-refractivity contribution in [3.63, 3.8) is 0 Å². The molecule has 1 N–H and O–H groups in total. The summed E-state index contributed by atoms with van der Waals surface area (Å²) in [6.45, 7) is 2.65. The first-order valence-electron chi connectivity index (χ1n) is 5.57. The normalized spacial score (nSPS) is 26.7. The second-order valence-corrected chi connectivity index (χ2v) is 3.77. The van der Waals surface area contributed by atoms with Crippen molar-refractivity contribution in [2.24, 2.45) is 0 Å². The summed E-state index contributed by atoms with van der Waals surface area (Å²) >= 11 is 0. The van der Waals surface area contributed by atoms with Gasteiger partial charge in [0.15, 0.2) is 0 Å². The molecule has 2 heteroatoms. The molecule has 0 radical (unpaired) electrons. The topological polar surface area (TPSA) is 21.3 Å². The summed E-state index contributed by atoms with van der Waals surface area (Å²) in [5.74, 6) is 5.91. The molecule has 0 spiro atoms. The van der Waals surface area contributed by atoms with Crippen LogP contribution in [0.3, 0.4) is 0 Å². The molecule has 14 heavy (non-hydrogen) atoms. The van der Waals surface area contributed by atoms with Crippen LogP contribution in [0.15, 0.2) is 0 Å². The van der Waals surface area contributed by atoms with Gasteiger partial charge >= 0.3 is 0 Å². The van der Waals surface area contributed by atoms with Gasteiger partial charge in [0.05, 0.1) is 12.7 Å². The fourth-order valence-corrected chi connectivity index (χ4v) is 2.01. The van der Waals surface area contributed by atoms with E-state index >= 15 is 0 Å². The van der Waals surface area contributed by atoms with Gasteiger partial charge in [0.2, 0.25) is 0 Å². The van der Waals surface area contributed by atoms with Crippen LogP contribution in [-0.2, 0) is 4.74 Å². The lowest BCUT2D eigenvalue weighted by atomic mass is 9.92. The van der Waals surface area contributed by atoms with Gasteiger partial charge in [-0.2, -0.15) is 0 Å². The number of nitrogens with one attached hydrogen (secondary N) is 1. The number of hydrogen-bond acceptors (Lipinski definition) is 2. The standard InChI is InChI=1S/C12H21NO/c1-3-4-7-10-14-12-9-6-5-8-11(12)13-2/h11-13H,5-10H2,1-2H3. The van der Waals surface area contributed by atoms with Crippen LogP contribution in [0.5, 0.6) is 0 Å². The maximum Gasteiger partial charge on any atom is 0.0728 e. The van der Waals surface area contributed by atoms with Crippen molar-refractivity contribution in [3.05, 3.63) is 0 Å². The maximum atomic E-state index is 5.82. The van der Waals surface area contributed by atoms with Gasteiger partial charge in [-0.25, -0.2) is 0 Å². The van der Waals surface area contributed by atoms with E-state index < -0.39 is 0 Å². The van der Waals surface area contributed by atoms with E-state index in [1.807, 2.05) is 14.0 Å². The average Bonchev–Trinajstić information content (AvgIpc) is 2.25. The van der Waals surface area contributed by atoms with Gasteiger partial charge < -0.3 is 10.1 Å². The monoisotopic (exact) mass is 195 g/mol. The minimum absolute atomic E-state index is 0.410. The molecule has 0 aromatic heterocycles. The molecular formula is C12H21NO. The molecule has 0 aromatic carbocycles. The molecule has 0 heterocycles. The quantitative estimate of drug-likeness (QED) is 0.547. The molecule has 2 atom stereocenters. The molecule has 0 aromatic rings. The second-order valence-electron chi connectivity index (χ2n) is 3.77. The minimum Gasteiger partial charge on any atom is -0.376 e. The van der Waals surface area contributed by atoms with E-state index in [2.05, 4.69) is 17.2 Å². The predicted octanol–water partition coefficient (Wildman–Crippen LogP) is 1.95. The van der Waals surface area contributed by atoms with Gasteiger partial charge in [0.25, 0.3) is 0 Å². The van der Waals surface area contributed by atoms with Crippen molar-refractivity contribution in [1.82, 2.24) is 5.32 Å². The van der Waals surface area contributed by atoms with Crippen LogP contribution >= 0.6 is 0 Å². The summed E-state index contributed by atoms with van der Waals surface area (Å²) in [6.07, 6.45) is 6.37. The lowest BCUT2D eigenvalue weighted by Gasteiger charge is -2.31. The van der Waals surface area contributed by atoms with Crippen molar-refractivity contribution in [1.29, 1.82) is 0 Å². The summed E-state index contributed by atoms with van der Waals surface area (Å²) in [7, 11) is 2.03. The zero-order valence-corrected chi connectivity index (χ0v) is 9.31. The van der Waals surface area contributed by atoms with Gasteiger partial charge in [-0.15, -0.1) is 11.8 Å². The van der Waals surface area contributed by atoms with E-state index in [9.17, 15) is 0 Å². The first kappa shape index (κ1) is 11.6. The molecule has 0 aliphatic heterocycles. The third-order valence-corrected chi connectivity index (χ3v) is 2.81. The Hall–Kier alpha value is -0.520. The van der Waals surface area contributed by atoms with Crippen LogP contribution in [0.25, 0.3) is 0 Å². The fourth-order valence-electron chi connectivity index (χ4n) is 2.01. The number of likely N-dealkylation sites (N-methyl/N-ethyl adjacent to an activating group) is 1. The fraction of sp³-hybridized carbons (Fsp3) is 0.833. The Labute approximate surface area is 87.4 Å². The van der Waals surface area contributed by atoms with Crippen molar-refractivity contribution < 1.29 is 4.74 Å². The van der Waals surface area contributed by atoms with Crippen molar-refractivity contribution >= 4 is 0 Å². The van der Waals surface area contributed by atoms with Gasteiger partial charge in [0, 0.05) is 12.5 Å². The molecule has 0 bridgehead atoms. The lowest BCUT2D eigenvalue weighted by molar-refractivity contribution is 0.0102. The van der Waals surface area contributed by atoms with Crippen LogP contribution in [0.2, 0.25) is 0 Å². The van der Waals surface area contributed by atoms with Crippen LogP contribution in [-0.4, -0.2) is 25.8 Å². The Kier molecular flexibility index (Phi) is 5.66. The predicted molar refractivity (Wildman–Crippen MR) is 59.1 cm³/mol. The van der Waals surface area contributed by atoms with Crippen molar-refractivity contribution in [2.45, 2.75) is 51.2 Å². The lowest BCUT2D eigenvalue weighted by Crippen LogP contribution is -2.41. The molecule has 1 aliphatic carbocycles. The Morgan fingerprint density at radius 3 is 2.86 bits per heavy atom. The molecule has 0 amide bonds. The van der Waals surface area contributed by atoms with E-state index in [0.29, 0.717) is 12.1 Å². The van der Waals surface area contributed by atoms with Crippen LogP contribution in [0.1, 0.15) is 39.0 Å². The van der Waals surface area contributed by atoms with Crippen LogP contribution in [0, 0.1) is 11.8 Å². The van der Waals surface area contributed by atoms with Gasteiger partial charge in [-0.1, -0.05) is 12.8 Å². The van der Waals surface area contributed by atoms with Gasteiger partial charge in [0.1, 0.15) is 0 Å². The zero-order valence-electron chi connectivity index (χ0n) is 9.31. The molecule has 1 saturated carbocycles. The minimum atomic E-state index is 0.410. The highest BCUT2D eigenvalue weighted by Gasteiger charge is 2.23. The van der Waals surface area contributed by atoms with Gasteiger partial charge in [-0.05, 0) is 26.8 Å². The molecule has 1 aliphatic rings. The first-order chi connectivity index (χ1) is 6.88. The van der Waals surface area contributed by atoms with E-state index in [0.717, 1.165) is 13.0 Å². The molecule has 1 rings (SSSR count). The highest BCUT2D eigenvalue weighted by atomic mass is 16.5. The largest absolute Gasteiger partial charge is 0.376 e. The summed E-state index contributed by atoms with van der Waals surface area (Å²) < 4.78 is 5.82. The summed E-state index contributed by atoms with van der Waals surface area (Å²) in [6, 6.07) is 0.554. The molecule has 2 nitrogen and oxygen atoms in total.